The zero-order valence-electron chi connectivity index (χ0n) is 10.6. The van der Waals surface area contributed by atoms with Crippen molar-refractivity contribution in [3.63, 3.8) is 0 Å². The minimum atomic E-state index is 0.206. The molecule has 96 valence electrons. The molecule has 2 N–H and O–H groups in total. The molecular formula is C12H26N2O2. The van der Waals surface area contributed by atoms with Gasteiger partial charge < -0.3 is 15.2 Å². The molecule has 1 aliphatic rings. The van der Waals surface area contributed by atoms with Gasteiger partial charge in [0.15, 0.2) is 0 Å². The van der Waals surface area contributed by atoms with Gasteiger partial charge in [-0.15, -0.1) is 0 Å². The third-order valence-corrected chi connectivity index (χ3v) is 3.00. The van der Waals surface area contributed by atoms with Crippen LogP contribution in [-0.2, 0) is 4.74 Å². The highest BCUT2D eigenvalue weighted by Crippen LogP contribution is 2.26. The summed E-state index contributed by atoms with van der Waals surface area (Å²) < 4.78 is 5.12. The van der Waals surface area contributed by atoms with E-state index in [2.05, 4.69) is 17.1 Å². The Morgan fingerprint density at radius 2 is 2.25 bits per heavy atom. The summed E-state index contributed by atoms with van der Waals surface area (Å²) in [6, 6.07) is 0.935. The number of methoxy groups -OCH3 is 1. The fourth-order valence-corrected chi connectivity index (χ4v) is 1.89. The van der Waals surface area contributed by atoms with Gasteiger partial charge in [0.25, 0.3) is 0 Å². The van der Waals surface area contributed by atoms with Gasteiger partial charge in [-0.25, -0.2) is 0 Å². The molecule has 0 saturated heterocycles. The largest absolute Gasteiger partial charge is 0.395 e. The van der Waals surface area contributed by atoms with E-state index in [1.807, 2.05) is 0 Å². The van der Waals surface area contributed by atoms with Crippen molar-refractivity contribution in [2.45, 2.75) is 38.3 Å². The van der Waals surface area contributed by atoms with Crippen molar-refractivity contribution >= 4 is 0 Å². The Bertz CT molecular complexity index is 174. The van der Waals surface area contributed by atoms with Gasteiger partial charge >= 0.3 is 0 Å². The second-order valence-corrected chi connectivity index (χ2v) is 4.55. The topological polar surface area (TPSA) is 44.7 Å². The number of nitrogens with one attached hydrogen (secondary N) is 1. The van der Waals surface area contributed by atoms with Gasteiger partial charge in [-0.3, -0.25) is 4.90 Å². The highest BCUT2D eigenvalue weighted by molar-refractivity contribution is 4.86. The van der Waals surface area contributed by atoms with Gasteiger partial charge in [-0.1, -0.05) is 6.92 Å². The molecule has 16 heavy (non-hydrogen) atoms. The first kappa shape index (κ1) is 13.9. The summed E-state index contributed by atoms with van der Waals surface area (Å²) >= 11 is 0. The minimum Gasteiger partial charge on any atom is -0.395 e. The Kier molecular flexibility index (Phi) is 6.96. The van der Waals surface area contributed by atoms with Crippen LogP contribution in [0, 0.1) is 0 Å². The Hall–Kier alpha value is -0.160. The van der Waals surface area contributed by atoms with Gasteiger partial charge in [0.1, 0.15) is 0 Å². The molecule has 0 bridgehead atoms. The van der Waals surface area contributed by atoms with E-state index < -0.39 is 0 Å². The van der Waals surface area contributed by atoms with Crippen LogP contribution >= 0.6 is 0 Å². The number of nitrogens with zero attached hydrogens (tertiary/aromatic N) is 1. The molecular weight excluding hydrogens is 204 g/mol. The zero-order valence-corrected chi connectivity index (χ0v) is 10.6. The first-order valence-electron chi connectivity index (χ1n) is 6.39. The summed E-state index contributed by atoms with van der Waals surface area (Å²) in [4.78, 5) is 2.44. The molecule has 0 aromatic carbocycles. The number of hydrogen-bond donors (Lipinski definition) is 2. The third-order valence-electron chi connectivity index (χ3n) is 3.00. The molecule has 4 nitrogen and oxygen atoms in total. The van der Waals surface area contributed by atoms with Crippen LogP contribution in [0.15, 0.2) is 0 Å². The molecule has 0 amide bonds. The average Bonchev–Trinajstić information content (AvgIpc) is 3.12. The average molecular weight is 230 g/mol. The van der Waals surface area contributed by atoms with Crippen LogP contribution in [0.4, 0.5) is 0 Å². The normalized spacial score (nSPS) is 18.0. The van der Waals surface area contributed by atoms with E-state index in [0.29, 0.717) is 0 Å². The highest BCUT2D eigenvalue weighted by Gasteiger charge is 2.29. The van der Waals surface area contributed by atoms with Crippen molar-refractivity contribution in [1.82, 2.24) is 10.2 Å². The second kappa shape index (κ2) is 8.01. The lowest BCUT2D eigenvalue weighted by Gasteiger charge is -2.26. The fraction of sp³-hybridized carbons (Fsp3) is 1.00. The van der Waals surface area contributed by atoms with Crippen molar-refractivity contribution in [2.75, 3.05) is 40.0 Å². The van der Waals surface area contributed by atoms with Crippen molar-refractivity contribution < 1.29 is 9.84 Å². The number of ether oxygens (including phenoxy) is 1. The molecule has 0 aromatic heterocycles. The quantitative estimate of drug-likeness (QED) is 0.572. The van der Waals surface area contributed by atoms with E-state index in [9.17, 15) is 5.11 Å². The molecule has 0 spiro atoms. The lowest BCUT2D eigenvalue weighted by molar-refractivity contribution is 0.123. The van der Waals surface area contributed by atoms with Crippen molar-refractivity contribution in [3.05, 3.63) is 0 Å². The number of rotatable bonds is 10. The van der Waals surface area contributed by atoms with Crippen LogP contribution in [0.2, 0.25) is 0 Å². The third kappa shape index (κ3) is 5.25. The highest BCUT2D eigenvalue weighted by atomic mass is 16.5. The molecule has 0 radical (unpaired) electrons. The summed E-state index contributed by atoms with van der Waals surface area (Å²) in [6.07, 6.45) is 3.71. The predicted molar refractivity (Wildman–Crippen MR) is 65.6 cm³/mol. The summed E-state index contributed by atoms with van der Waals surface area (Å²) in [5.41, 5.74) is 0. The first-order chi connectivity index (χ1) is 7.81. The predicted octanol–water partition coefficient (Wildman–Crippen LogP) is 0.458. The minimum absolute atomic E-state index is 0.206. The molecule has 1 unspecified atom stereocenters. The summed E-state index contributed by atoms with van der Waals surface area (Å²) in [7, 11) is 1.74. The van der Waals surface area contributed by atoms with Crippen molar-refractivity contribution in [3.8, 4) is 0 Å². The van der Waals surface area contributed by atoms with Gasteiger partial charge in [-0.2, -0.15) is 0 Å². The van der Waals surface area contributed by atoms with Gasteiger partial charge in [0.2, 0.25) is 0 Å². The molecule has 1 aliphatic carbocycles. The molecule has 4 heteroatoms. The lowest BCUT2D eigenvalue weighted by atomic mass is 10.2. The van der Waals surface area contributed by atoms with Crippen molar-refractivity contribution in [1.29, 1.82) is 0 Å². The van der Waals surface area contributed by atoms with Crippen LogP contribution in [0.5, 0.6) is 0 Å². The smallest absolute Gasteiger partial charge is 0.0597 e. The number of aliphatic hydroxyl groups is 1. The molecule has 1 atom stereocenters. The molecule has 1 fully saturated rings. The van der Waals surface area contributed by atoms with E-state index in [1.165, 1.54) is 12.8 Å². The summed E-state index contributed by atoms with van der Waals surface area (Å²) in [5.74, 6) is 0. The maximum Gasteiger partial charge on any atom is 0.0597 e. The molecule has 1 saturated carbocycles. The van der Waals surface area contributed by atoms with E-state index in [0.717, 1.165) is 38.7 Å². The maximum atomic E-state index is 9.31. The molecule has 0 aliphatic heterocycles. The Balaban J connectivity index is 2.26. The van der Waals surface area contributed by atoms with Gasteiger partial charge in [0, 0.05) is 32.3 Å². The Labute approximate surface area is 99.0 Å². The van der Waals surface area contributed by atoms with Crippen LogP contribution in [0.3, 0.4) is 0 Å². The van der Waals surface area contributed by atoms with Gasteiger partial charge in [-0.05, 0) is 25.8 Å². The Morgan fingerprint density at radius 3 is 2.75 bits per heavy atom. The van der Waals surface area contributed by atoms with Crippen molar-refractivity contribution in [2.24, 2.45) is 0 Å². The van der Waals surface area contributed by atoms with Crippen LogP contribution in [-0.4, -0.2) is 62.0 Å². The first-order valence-corrected chi connectivity index (χ1v) is 6.39. The van der Waals surface area contributed by atoms with Gasteiger partial charge in [0.05, 0.1) is 13.2 Å². The fourth-order valence-electron chi connectivity index (χ4n) is 1.89. The Morgan fingerprint density at radius 1 is 1.50 bits per heavy atom. The van der Waals surface area contributed by atoms with Crippen LogP contribution in [0.1, 0.15) is 26.2 Å². The monoisotopic (exact) mass is 230 g/mol. The van der Waals surface area contributed by atoms with E-state index >= 15 is 0 Å². The molecule has 0 heterocycles. The van der Waals surface area contributed by atoms with E-state index in [4.69, 9.17) is 4.74 Å². The summed E-state index contributed by atoms with van der Waals surface area (Å²) in [6.45, 7) is 6.04. The van der Waals surface area contributed by atoms with Crippen LogP contribution in [0.25, 0.3) is 0 Å². The summed E-state index contributed by atoms with van der Waals surface area (Å²) in [5, 5.41) is 12.7. The molecule has 0 aromatic rings. The van der Waals surface area contributed by atoms with Crippen LogP contribution < -0.4 is 5.32 Å². The zero-order chi connectivity index (χ0) is 11.8. The lowest BCUT2D eigenvalue weighted by Crippen LogP contribution is -2.45. The molecule has 1 rings (SSSR count). The standard InChI is InChI=1S/C12H26N2O2/c1-3-6-13-11(10-15)9-14(7-8-16-2)12-4-5-12/h11-13,15H,3-10H2,1-2H3. The SMILES string of the molecule is CCCNC(CO)CN(CCOC)C1CC1. The maximum absolute atomic E-state index is 9.31. The van der Waals surface area contributed by atoms with E-state index in [1.54, 1.807) is 7.11 Å². The number of aliphatic hydroxyl groups excluding tert-OH is 1. The second-order valence-electron chi connectivity index (χ2n) is 4.55. The van der Waals surface area contributed by atoms with E-state index in [-0.39, 0.29) is 12.6 Å². The number of hydrogen-bond acceptors (Lipinski definition) is 4.